The van der Waals surface area contributed by atoms with Gasteiger partial charge in [0.15, 0.2) is 0 Å². The number of carbonyl (C=O) groups is 3. The van der Waals surface area contributed by atoms with Crippen LogP contribution in [0.15, 0.2) is 30.3 Å². The summed E-state index contributed by atoms with van der Waals surface area (Å²) in [6, 6.07) is 8.85. The Bertz CT molecular complexity index is 837. The number of piperazine rings is 1. The van der Waals surface area contributed by atoms with Crippen molar-refractivity contribution in [2.45, 2.75) is 32.7 Å². The zero-order chi connectivity index (χ0) is 20.8. The predicted octanol–water partition coefficient (Wildman–Crippen LogP) is 2.37. The molecule has 1 fully saturated rings. The molecule has 156 valence electrons. The number of ether oxygens (including phenoxy) is 1. The highest BCUT2D eigenvalue weighted by atomic mass is 16.6. The van der Waals surface area contributed by atoms with Gasteiger partial charge in [0.05, 0.1) is 6.61 Å². The van der Waals surface area contributed by atoms with Gasteiger partial charge in [-0.05, 0) is 25.5 Å². The number of H-pyrrole nitrogens is 1. The number of fused-ring (bicyclic) bond motifs is 1. The van der Waals surface area contributed by atoms with Crippen molar-refractivity contribution in [2.75, 3.05) is 32.8 Å². The average molecular weight is 400 g/mol. The van der Waals surface area contributed by atoms with Gasteiger partial charge in [-0.2, -0.15) is 0 Å². The summed E-state index contributed by atoms with van der Waals surface area (Å²) >= 11 is 0. The highest BCUT2D eigenvalue weighted by Crippen LogP contribution is 2.15. The van der Waals surface area contributed by atoms with E-state index in [1.54, 1.807) is 22.8 Å². The number of aromatic nitrogens is 1. The molecule has 3 amide bonds. The molecule has 8 nitrogen and oxygen atoms in total. The van der Waals surface area contributed by atoms with Crippen molar-refractivity contribution in [3.63, 3.8) is 0 Å². The van der Waals surface area contributed by atoms with Crippen LogP contribution in [0.1, 0.15) is 37.2 Å². The fourth-order valence-corrected chi connectivity index (χ4v) is 3.52. The van der Waals surface area contributed by atoms with Crippen LogP contribution in [-0.2, 0) is 9.53 Å². The van der Waals surface area contributed by atoms with Crippen LogP contribution in [0, 0.1) is 0 Å². The highest BCUT2D eigenvalue weighted by molar-refractivity contribution is 6.00. The number of aromatic amines is 1. The summed E-state index contributed by atoms with van der Waals surface area (Å²) in [5.74, 6) is -0.405. The lowest BCUT2D eigenvalue weighted by molar-refractivity contribution is -0.135. The number of nitrogens with one attached hydrogen (secondary N) is 2. The first-order chi connectivity index (χ1) is 14.0. The van der Waals surface area contributed by atoms with Crippen molar-refractivity contribution in [1.82, 2.24) is 20.1 Å². The van der Waals surface area contributed by atoms with Gasteiger partial charge in [0.2, 0.25) is 5.91 Å². The van der Waals surface area contributed by atoms with Gasteiger partial charge in [-0.25, -0.2) is 4.79 Å². The molecule has 0 unspecified atom stereocenters. The van der Waals surface area contributed by atoms with E-state index in [-0.39, 0.29) is 17.9 Å². The Hall–Kier alpha value is -3.03. The number of rotatable bonds is 6. The summed E-state index contributed by atoms with van der Waals surface area (Å²) in [7, 11) is 0. The third-order valence-electron chi connectivity index (χ3n) is 5.07. The Morgan fingerprint density at radius 1 is 1.10 bits per heavy atom. The van der Waals surface area contributed by atoms with Crippen LogP contribution in [0.2, 0.25) is 0 Å². The van der Waals surface area contributed by atoms with Crippen molar-refractivity contribution < 1.29 is 19.1 Å². The lowest BCUT2D eigenvalue weighted by Gasteiger charge is -2.35. The van der Waals surface area contributed by atoms with Crippen molar-refractivity contribution in [2.24, 2.45) is 0 Å². The second-order valence-corrected chi connectivity index (χ2v) is 7.10. The van der Waals surface area contributed by atoms with Crippen LogP contribution >= 0.6 is 0 Å². The molecule has 1 aromatic heterocycles. The van der Waals surface area contributed by atoms with Gasteiger partial charge in [-0.3, -0.25) is 9.59 Å². The summed E-state index contributed by atoms with van der Waals surface area (Å²) in [5, 5.41) is 3.83. The van der Waals surface area contributed by atoms with E-state index in [2.05, 4.69) is 10.3 Å². The van der Waals surface area contributed by atoms with Gasteiger partial charge in [0, 0.05) is 37.1 Å². The molecule has 0 aliphatic carbocycles. The summed E-state index contributed by atoms with van der Waals surface area (Å²) in [6.07, 6.45) is 0.978. The molecule has 29 heavy (non-hydrogen) atoms. The SMILES string of the molecule is CCC[C@H](NC(=O)c1cc2ccccc2[nH]1)C(=O)N1CCN(C(=O)OCC)CC1. The van der Waals surface area contributed by atoms with Crippen LogP contribution in [0.25, 0.3) is 10.9 Å². The zero-order valence-electron chi connectivity index (χ0n) is 16.9. The monoisotopic (exact) mass is 400 g/mol. The number of para-hydroxylation sites is 1. The molecule has 1 aliphatic rings. The molecule has 1 aliphatic heterocycles. The number of hydrogen-bond acceptors (Lipinski definition) is 4. The number of benzene rings is 1. The van der Waals surface area contributed by atoms with Crippen LogP contribution in [0.5, 0.6) is 0 Å². The molecular formula is C21H28N4O4. The van der Waals surface area contributed by atoms with Gasteiger partial charge in [-0.1, -0.05) is 31.5 Å². The van der Waals surface area contributed by atoms with E-state index >= 15 is 0 Å². The lowest BCUT2D eigenvalue weighted by atomic mass is 10.1. The second-order valence-electron chi connectivity index (χ2n) is 7.10. The zero-order valence-corrected chi connectivity index (χ0v) is 16.9. The highest BCUT2D eigenvalue weighted by Gasteiger charge is 2.30. The smallest absolute Gasteiger partial charge is 0.409 e. The quantitative estimate of drug-likeness (QED) is 0.778. The molecule has 0 bridgehead atoms. The standard InChI is InChI=1S/C21H28N4O4/c1-3-7-17(20(27)24-10-12-25(13-11-24)21(28)29-4-2)23-19(26)18-14-15-8-5-6-9-16(15)22-18/h5-6,8-9,14,17,22H,3-4,7,10-13H2,1-2H3,(H,23,26)/t17-/m0/s1. The van der Waals surface area contributed by atoms with Gasteiger partial charge < -0.3 is 24.8 Å². The van der Waals surface area contributed by atoms with Crippen molar-refractivity contribution in [3.8, 4) is 0 Å². The van der Waals surface area contributed by atoms with Crippen molar-refractivity contribution in [3.05, 3.63) is 36.0 Å². The molecule has 2 heterocycles. The lowest BCUT2D eigenvalue weighted by Crippen LogP contribution is -2.55. The minimum absolute atomic E-state index is 0.111. The van der Waals surface area contributed by atoms with E-state index in [1.165, 1.54) is 0 Å². The minimum Gasteiger partial charge on any atom is -0.450 e. The number of amides is 3. The first-order valence-corrected chi connectivity index (χ1v) is 10.1. The first kappa shape index (κ1) is 20.7. The minimum atomic E-state index is -0.590. The molecule has 1 saturated heterocycles. The molecule has 0 saturated carbocycles. The van der Waals surface area contributed by atoms with E-state index in [9.17, 15) is 14.4 Å². The number of nitrogens with zero attached hydrogens (tertiary/aromatic N) is 2. The Labute approximate surface area is 170 Å². The van der Waals surface area contributed by atoms with E-state index < -0.39 is 6.04 Å². The fourth-order valence-electron chi connectivity index (χ4n) is 3.52. The summed E-state index contributed by atoms with van der Waals surface area (Å²) in [6.45, 7) is 5.80. The molecule has 2 aromatic rings. The topological polar surface area (TPSA) is 94.7 Å². The van der Waals surface area contributed by atoms with E-state index in [4.69, 9.17) is 4.74 Å². The van der Waals surface area contributed by atoms with E-state index in [0.717, 1.165) is 17.3 Å². The molecule has 2 N–H and O–H groups in total. The van der Waals surface area contributed by atoms with Crippen LogP contribution in [0.4, 0.5) is 4.79 Å². The van der Waals surface area contributed by atoms with Gasteiger partial charge in [-0.15, -0.1) is 0 Å². The maximum Gasteiger partial charge on any atom is 0.409 e. The summed E-state index contributed by atoms with van der Waals surface area (Å²) < 4.78 is 5.01. The summed E-state index contributed by atoms with van der Waals surface area (Å²) in [4.78, 5) is 43.9. The second kappa shape index (κ2) is 9.45. The van der Waals surface area contributed by atoms with Crippen LogP contribution < -0.4 is 5.32 Å². The van der Waals surface area contributed by atoms with Crippen molar-refractivity contribution in [1.29, 1.82) is 0 Å². The average Bonchev–Trinajstić information content (AvgIpc) is 3.17. The number of carbonyl (C=O) groups excluding carboxylic acids is 3. The largest absolute Gasteiger partial charge is 0.450 e. The van der Waals surface area contributed by atoms with E-state index in [1.807, 2.05) is 31.2 Å². The number of hydrogen-bond donors (Lipinski definition) is 2. The van der Waals surface area contributed by atoms with Crippen LogP contribution in [0.3, 0.4) is 0 Å². The van der Waals surface area contributed by atoms with Gasteiger partial charge in [0.25, 0.3) is 5.91 Å². The molecule has 1 aromatic carbocycles. The Kier molecular flexibility index (Phi) is 6.74. The Morgan fingerprint density at radius 3 is 2.45 bits per heavy atom. The normalized spacial score (nSPS) is 15.2. The molecule has 3 rings (SSSR count). The van der Waals surface area contributed by atoms with E-state index in [0.29, 0.717) is 44.9 Å². The molecule has 8 heteroatoms. The van der Waals surface area contributed by atoms with Crippen LogP contribution in [-0.4, -0.2) is 71.5 Å². The predicted molar refractivity (Wildman–Crippen MR) is 110 cm³/mol. The molecular weight excluding hydrogens is 372 g/mol. The molecule has 0 spiro atoms. The molecule has 1 atom stereocenters. The maximum atomic E-state index is 13.0. The third kappa shape index (κ3) is 4.88. The van der Waals surface area contributed by atoms with Gasteiger partial charge in [0.1, 0.15) is 11.7 Å². The summed E-state index contributed by atoms with van der Waals surface area (Å²) in [5.41, 5.74) is 1.32. The first-order valence-electron chi connectivity index (χ1n) is 10.1. The Balaban J connectivity index is 1.62. The Morgan fingerprint density at radius 2 is 1.79 bits per heavy atom. The van der Waals surface area contributed by atoms with Gasteiger partial charge >= 0.3 is 6.09 Å². The molecule has 0 radical (unpaired) electrons. The van der Waals surface area contributed by atoms with Crippen molar-refractivity contribution >= 4 is 28.8 Å². The fraction of sp³-hybridized carbons (Fsp3) is 0.476. The maximum absolute atomic E-state index is 13.0. The third-order valence-corrected chi connectivity index (χ3v) is 5.07.